The summed E-state index contributed by atoms with van der Waals surface area (Å²) in [4.78, 5) is 12.4. The molecule has 2 aromatic heterocycles. The lowest BCUT2D eigenvalue weighted by Gasteiger charge is -2.14. The fourth-order valence-electron chi connectivity index (χ4n) is 2.69. The van der Waals surface area contributed by atoms with Crippen molar-refractivity contribution >= 4 is 34.4 Å². The van der Waals surface area contributed by atoms with E-state index in [2.05, 4.69) is 24.3 Å². The maximum atomic E-state index is 12.4. The molecule has 110 valence electrons. The summed E-state index contributed by atoms with van der Waals surface area (Å²) in [6.07, 6.45) is 4.21. The highest BCUT2D eigenvalue weighted by atomic mass is 32.1. The maximum absolute atomic E-state index is 12.4. The fraction of sp³-hybridized carbons (Fsp3) is 0.267. The number of anilines is 1. The van der Waals surface area contributed by atoms with Gasteiger partial charge in [-0.25, -0.2) is 0 Å². The molecule has 0 aliphatic heterocycles. The number of aromatic nitrogens is 4. The van der Waals surface area contributed by atoms with Crippen LogP contribution in [0.15, 0.2) is 24.3 Å². The fourth-order valence-corrected chi connectivity index (χ4v) is 3.24. The van der Waals surface area contributed by atoms with Gasteiger partial charge in [-0.1, -0.05) is 6.07 Å². The molecule has 0 saturated heterocycles. The lowest BCUT2D eigenvalue weighted by atomic mass is 9.96. The Bertz CT molecular complexity index is 860. The van der Waals surface area contributed by atoms with Crippen LogP contribution in [-0.4, -0.2) is 24.9 Å². The van der Waals surface area contributed by atoms with E-state index in [-0.39, 0.29) is 5.91 Å². The number of hydrogen-bond donors (Lipinski definition) is 1. The van der Waals surface area contributed by atoms with Gasteiger partial charge in [0.05, 0.1) is 23.1 Å². The monoisotopic (exact) mass is 311 g/mol. The second-order valence-electron chi connectivity index (χ2n) is 5.30. The van der Waals surface area contributed by atoms with E-state index in [9.17, 15) is 4.79 Å². The van der Waals surface area contributed by atoms with Crippen LogP contribution in [-0.2, 0) is 12.8 Å². The second-order valence-corrected chi connectivity index (χ2v) is 5.83. The predicted octanol–water partition coefficient (Wildman–Crippen LogP) is 2.61. The van der Waals surface area contributed by atoms with Crippen molar-refractivity contribution in [2.45, 2.75) is 25.7 Å². The van der Waals surface area contributed by atoms with E-state index in [0.29, 0.717) is 16.9 Å². The molecule has 0 bridgehead atoms. The number of benzene rings is 1. The lowest BCUT2D eigenvalue weighted by molar-refractivity contribution is 0.102. The number of carbonyl (C=O) groups is 1. The summed E-state index contributed by atoms with van der Waals surface area (Å²) >= 11 is 1.13. The van der Waals surface area contributed by atoms with Gasteiger partial charge in [0.25, 0.3) is 5.91 Å². The molecule has 1 aromatic carbocycles. The molecule has 2 heterocycles. The highest BCUT2D eigenvalue weighted by Crippen LogP contribution is 2.22. The van der Waals surface area contributed by atoms with Crippen LogP contribution in [0, 0.1) is 0 Å². The van der Waals surface area contributed by atoms with Gasteiger partial charge in [-0.05, 0) is 49.4 Å². The third-order valence-corrected chi connectivity index (χ3v) is 4.38. The first-order chi connectivity index (χ1) is 10.8. The number of nitrogens with one attached hydrogen (secondary N) is 1. The van der Waals surface area contributed by atoms with Gasteiger partial charge < -0.3 is 5.32 Å². The zero-order valence-electron chi connectivity index (χ0n) is 11.7. The van der Waals surface area contributed by atoms with Crippen LogP contribution in [0.4, 0.5) is 5.69 Å². The van der Waals surface area contributed by atoms with E-state index in [1.807, 2.05) is 24.3 Å². The zero-order valence-corrected chi connectivity index (χ0v) is 12.6. The summed E-state index contributed by atoms with van der Waals surface area (Å²) in [6.45, 7) is 0. The first-order valence-corrected chi connectivity index (χ1v) is 7.92. The Morgan fingerprint density at radius 1 is 1.14 bits per heavy atom. The molecule has 0 radical (unpaired) electrons. The average molecular weight is 311 g/mol. The number of rotatable bonds is 2. The standard InChI is InChI=1S/C15H13N5OS/c21-15(13-8-9-4-1-2-5-10(9)17-18-13)16-11-6-3-7-12-14(11)20-22-19-12/h3,6-8H,1-2,4-5H2,(H,16,21). The van der Waals surface area contributed by atoms with Crippen molar-refractivity contribution in [1.29, 1.82) is 0 Å². The van der Waals surface area contributed by atoms with Crippen molar-refractivity contribution in [1.82, 2.24) is 18.9 Å². The van der Waals surface area contributed by atoms with Gasteiger partial charge in [0.15, 0.2) is 5.69 Å². The molecule has 0 saturated carbocycles. The summed E-state index contributed by atoms with van der Waals surface area (Å²) in [5.41, 5.74) is 4.64. The number of carbonyl (C=O) groups excluding carboxylic acids is 1. The summed E-state index contributed by atoms with van der Waals surface area (Å²) in [5, 5.41) is 11.1. The van der Waals surface area contributed by atoms with Gasteiger partial charge >= 0.3 is 0 Å². The van der Waals surface area contributed by atoms with Crippen LogP contribution < -0.4 is 5.32 Å². The summed E-state index contributed by atoms with van der Waals surface area (Å²) in [5.74, 6) is -0.263. The molecule has 0 atom stereocenters. The van der Waals surface area contributed by atoms with E-state index < -0.39 is 0 Å². The van der Waals surface area contributed by atoms with Gasteiger partial charge in [0, 0.05) is 0 Å². The van der Waals surface area contributed by atoms with E-state index in [4.69, 9.17) is 0 Å². The number of aryl methyl sites for hydroxylation is 2. The van der Waals surface area contributed by atoms with E-state index in [0.717, 1.165) is 54.2 Å². The van der Waals surface area contributed by atoms with Gasteiger partial charge in [-0.15, -0.1) is 5.10 Å². The number of amides is 1. The smallest absolute Gasteiger partial charge is 0.276 e. The quantitative estimate of drug-likeness (QED) is 0.787. The normalized spacial score (nSPS) is 13.8. The van der Waals surface area contributed by atoms with Gasteiger partial charge in [0.1, 0.15) is 11.0 Å². The maximum Gasteiger partial charge on any atom is 0.276 e. The van der Waals surface area contributed by atoms with E-state index in [1.165, 1.54) is 0 Å². The first kappa shape index (κ1) is 13.3. The summed E-state index contributed by atoms with van der Waals surface area (Å²) in [7, 11) is 0. The Balaban J connectivity index is 1.63. The second kappa shape index (κ2) is 5.42. The van der Waals surface area contributed by atoms with Crippen molar-refractivity contribution in [3.8, 4) is 0 Å². The Morgan fingerprint density at radius 2 is 2.05 bits per heavy atom. The first-order valence-electron chi connectivity index (χ1n) is 7.19. The van der Waals surface area contributed by atoms with Crippen LogP contribution in [0.25, 0.3) is 11.0 Å². The van der Waals surface area contributed by atoms with Gasteiger partial charge in [0.2, 0.25) is 0 Å². The Kier molecular flexibility index (Phi) is 3.27. The molecule has 7 heteroatoms. The molecule has 1 amide bonds. The Labute approximate surface area is 130 Å². The third kappa shape index (κ3) is 2.33. The van der Waals surface area contributed by atoms with Crippen molar-refractivity contribution in [2.75, 3.05) is 5.32 Å². The minimum Gasteiger partial charge on any atom is -0.319 e. The Hall–Kier alpha value is -2.41. The summed E-state index contributed by atoms with van der Waals surface area (Å²) in [6, 6.07) is 7.38. The van der Waals surface area contributed by atoms with Crippen LogP contribution >= 0.6 is 11.7 Å². The highest BCUT2D eigenvalue weighted by molar-refractivity contribution is 7.00. The molecular weight excluding hydrogens is 298 g/mol. The van der Waals surface area contributed by atoms with Crippen LogP contribution in [0.1, 0.15) is 34.6 Å². The van der Waals surface area contributed by atoms with Crippen LogP contribution in [0.3, 0.4) is 0 Å². The minimum atomic E-state index is -0.263. The van der Waals surface area contributed by atoms with Gasteiger partial charge in [-0.3, -0.25) is 4.79 Å². The highest BCUT2D eigenvalue weighted by Gasteiger charge is 2.16. The average Bonchev–Trinajstić information content (AvgIpc) is 3.04. The molecule has 0 spiro atoms. The molecule has 22 heavy (non-hydrogen) atoms. The predicted molar refractivity (Wildman–Crippen MR) is 84.0 cm³/mol. The number of nitrogens with zero attached hydrogens (tertiary/aromatic N) is 4. The molecule has 1 aliphatic carbocycles. The molecular formula is C15H13N5OS. The van der Waals surface area contributed by atoms with Crippen molar-refractivity contribution in [3.05, 3.63) is 41.2 Å². The molecule has 0 unspecified atom stereocenters. The van der Waals surface area contributed by atoms with Gasteiger partial charge in [-0.2, -0.15) is 13.8 Å². The van der Waals surface area contributed by atoms with E-state index >= 15 is 0 Å². The van der Waals surface area contributed by atoms with E-state index in [1.54, 1.807) is 0 Å². The number of hydrogen-bond acceptors (Lipinski definition) is 6. The molecule has 4 rings (SSSR count). The largest absolute Gasteiger partial charge is 0.319 e. The molecule has 1 N–H and O–H groups in total. The van der Waals surface area contributed by atoms with Crippen LogP contribution in [0.2, 0.25) is 0 Å². The molecule has 1 aliphatic rings. The number of fused-ring (bicyclic) bond motifs is 2. The van der Waals surface area contributed by atoms with Crippen molar-refractivity contribution < 1.29 is 4.79 Å². The minimum absolute atomic E-state index is 0.263. The lowest BCUT2D eigenvalue weighted by Crippen LogP contribution is -2.17. The summed E-state index contributed by atoms with van der Waals surface area (Å²) < 4.78 is 8.38. The molecule has 6 nitrogen and oxygen atoms in total. The van der Waals surface area contributed by atoms with Crippen LogP contribution in [0.5, 0.6) is 0 Å². The Morgan fingerprint density at radius 3 is 3.00 bits per heavy atom. The topological polar surface area (TPSA) is 80.7 Å². The molecule has 3 aromatic rings. The zero-order chi connectivity index (χ0) is 14.9. The van der Waals surface area contributed by atoms with Crippen molar-refractivity contribution in [3.63, 3.8) is 0 Å². The van der Waals surface area contributed by atoms with Crippen molar-refractivity contribution in [2.24, 2.45) is 0 Å². The third-order valence-electron chi connectivity index (χ3n) is 3.84. The molecule has 0 fully saturated rings. The SMILES string of the molecule is O=C(Nc1cccc2nsnc12)c1cc2c(nn1)CCCC2.